The summed E-state index contributed by atoms with van der Waals surface area (Å²) in [7, 11) is 0. The molecule has 0 bridgehead atoms. The lowest BCUT2D eigenvalue weighted by Crippen LogP contribution is -2.04. The monoisotopic (exact) mass is 790 g/mol. The van der Waals surface area contributed by atoms with Gasteiger partial charge in [0, 0.05) is 38.4 Å². The largest absolute Gasteiger partial charge is 0.309 e. The number of aromatic nitrogens is 4. The molecule has 9 aromatic carbocycles. The van der Waals surface area contributed by atoms with Gasteiger partial charge in [-0.2, -0.15) is 0 Å². The van der Waals surface area contributed by atoms with E-state index in [2.05, 4.69) is 240 Å². The standard InChI is InChI=1S/C58H38N4/c1-4-14-39(15-5-1)41-24-28-43(29-25-41)52-38-53(44-30-26-42(27-31-44)40-16-6-2-7-17-40)60-58(59-52)62-55-23-13-11-21-49(55)51-36-45(33-35-56(51)62)46-32-34-50-48-20-10-12-22-54(48)61(57(50)37-46)47-18-8-3-9-19-47/h1-38H. The zero-order valence-corrected chi connectivity index (χ0v) is 33.7. The fourth-order valence-corrected chi connectivity index (χ4v) is 9.13. The summed E-state index contributed by atoms with van der Waals surface area (Å²) >= 11 is 0. The van der Waals surface area contributed by atoms with Crippen molar-refractivity contribution in [2.75, 3.05) is 0 Å². The van der Waals surface area contributed by atoms with Gasteiger partial charge in [-0.05, 0) is 81.9 Å². The Morgan fingerprint density at radius 2 is 0.645 bits per heavy atom. The van der Waals surface area contributed by atoms with Crippen LogP contribution in [-0.2, 0) is 0 Å². The third kappa shape index (κ3) is 6.08. The van der Waals surface area contributed by atoms with Gasteiger partial charge in [0.05, 0.1) is 33.5 Å². The van der Waals surface area contributed by atoms with Gasteiger partial charge in [-0.1, -0.05) is 182 Å². The van der Waals surface area contributed by atoms with Gasteiger partial charge < -0.3 is 4.57 Å². The van der Waals surface area contributed by atoms with Crippen LogP contribution in [0, 0.1) is 0 Å². The van der Waals surface area contributed by atoms with E-state index in [1.165, 1.54) is 44.1 Å². The van der Waals surface area contributed by atoms with Gasteiger partial charge in [0.2, 0.25) is 5.95 Å². The Hall–Kier alpha value is -8.34. The number of nitrogens with zero attached hydrogens (tertiary/aromatic N) is 4. The predicted octanol–water partition coefficient (Wildman–Crippen LogP) is 15.0. The molecule has 3 aromatic heterocycles. The van der Waals surface area contributed by atoms with Crippen molar-refractivity contribution in [1.82, 2.24) is 19.1 Å². The number of fused-ring (bicyclic) bond motifs is 6. The smallest absolute Gasteiger partial charge is 0.235 e. The van der Waals surface area contributed by atoms with Crippen LogP contribution in [0.1, 0.15) is 0 Å². The van der Waals surface area contributed by atoms with Crippen molar-refractivity contribution < 1.29 is 0 Å². The third-order valence-corrected chi connectivity index (χ3v) is 12.2. The Morgan fingerprint density at radius 3 is 1.24 bits per heavy atom. The molecule has 4 nitrogen and oxygen atoms in total. The molecule has 0 radical (unpaired) electrons. The molecule has 0 saturated heterocycles. The van der Waals surface area contributed by atoms with Gasteiger partial charge in [-0.3, -0.25) is 4.57 Å². The van der Waals surface area contributed by atoms with E-state index < -0.39 is 0 Å². The molecule has 0 saturated carbocycles. The maximum atomic E-state index is 5.36. The normalized spacial score (nSPS) is 11.5. The van der Waals surface area contributed by atoms with Crippen LogP contribution in [0.5, 0.6) is 0 Å². The maximum absolute atomic E-state index is 5.36. The molecule has 0 unspecified atom stereocenters. The number of para-hydroxylation sites is 3. The SMILES string of the molecule is c1ccc(-c2ccc(-c3cc(-c4ccc(-c5ccccc5)cc4)nc(-n4c5ccccc5c5cc(-c6ccc7c8ccccc8n(-c8ccccc8)c7c6)ccc54)n3)cc2)cc1. The molecular weight excluding hydrogens is 753 g/mol. The lowest BCUT2D eigenvalue weighted by molar-refractivity contribution is 0.995. The highest BCUT2D eigenvalue weighted by Gasteiger charge is 2.19. The summed E-state index contributed by atoms with van der Waals surface area (Å²) in [4.78, 5) is 10.7. The first-order chi connectivity index (χ1) is 30.7. The van der Waals surface area contributed by atoms with Crippen LogP contribution >= 0.6 is 0 Å². The van der Waals surface area contributed by atoms with Crippen molar-refractivity contribution in [3.8, 4) is 67.5 Å². The summed E-state index contributed by atoms with van der Waals surface area (Å²) in [5, 5.41) is 4.79. The Labute approximate surface area is 359 Å². The third-order valence-electron chi connectivity index (χ3n) is 12.2. The van der Waals surface area contributed by atoms with E-state index in [-0.39, 0.29) is 0 Å². The lowest BCUT2D eigenvalue weighted by Gasteiger charge is -2.13. The molecule has 4 heteroatoms. The first-order valence-corrected chi connectivity index (χ1v) is 21.1. The Morgan fingerprint density at radius 1 is 0.242 bits per heavy atom. The molecule has 0 aliphatic rings. The van der Waals surface area contributed by atoms with Crippen LogP contribution in [0.25, 0.3) is 111 Å². The summed E-state index contributed by atoms with van der Waals surface area (Å²) in [6.07, 6.45) is 0. The molecule has 290 valence electrons. The van der Waals surface area contributed by atoms with Crippen LogP contribution in [-0.4, -0.2) is 19.1 Å². The fraction of sp³-hybridized carbons (Fsp3) is 0. The van der Waals surface area contributed by atoms with Gasteiger partial charge in [0.15, 0.2) is 0 Å². The quantitative estimate of drug-likeness (QED) is 0.161. The van der Waals surface area contributed by atoms with Crippen LogP contribution in [0.4, 0.5) is 0 Å². The Bertz CT molecular complexity index is 3490. The molecule has 12 aromatic rings. The highest BCUT2D eigenvalue weighted by molar-refractivity contribution is 6.12. The van der Waals surface area contributed by atoms with Crippen LogP contribution in [0.15, 0.2) is 231 Å². The van der Waals surface area contributed by atoms with Crippen LogP contribution < -0.4 is 0 Å². The van der Waals surface area contributed by atoms with Crippen molar-refractivity contribution in [2.45, 2.75) is 0 Å². The molecule has 62 heavy (non-hydrogen) atoms. The first kappa shape index (κ1) is 35.6. The molecular formula is C58H38N4. The second-order valence-corrected chi connectivity index (χ2v) is 15.8. The molecule has 3 heterocycles. The average molecular weight is 791 g/mol. The van der Waals surface area contributed by atoms with E-state index in [1.807, 2.05) is 0 Å². The Kier molecular flexibility index (Phi) is 8.46. The van der Waals surface area contributed by atoms with Crippen molar-refractivity contribution >= 4 is 43.6 Å². The summed E-state index contributed by atoms with van der Waals surface area (Å²) in [5.74, 6) is 0.629. The van der Waals surface area contributed by atoms with E-state index in [0.717, 1.165) is 61.1 Å². The molecule has 0 fully saturated rings. The van der Waals surface area contributed by atoms with Gasteiger partial charge >= 0.3 is 0 Å². The van der Waals surface area contributed by atoms with E-state index >= 15 is 0 Å². The van der Waals surface area contributed by atoms with Crippen molar-refractivity contribution in [3.63, 3.8) is 0 Å². The van der Waals surface area contributed by atoms with Crippen molar-refractivity contribution in [3.05, 3.63) is 231 Å². The van der Waals surface area contributed by atoms with Gasteiger partial charge in [-0.25, -0.2) is 9.97 Å². The summed E-state index contributed by atoms with van der Waals surface area (Å²) in [6, 6.07) is 82.1. The minimum Gasteiger partial charge on any atom is -0.309 e. The molecule has 0 amide bonds. The Balaban J connectivity index is 1.02. The topological polar surface area (TPSA) is 35.6 Å². The van der Waals surface area contributed by atoms with E-state index in [4.69, 9.17) is 9.97 Å². The van der Waals surface area contributed by atoms with Gasteiger partial charge in [0.25, 0.3) is 0 Å². The minimum absolute atomic E-state index is 0.629. The van der Waals surface area contributed by atoms with E-state index in [9.17, 15) is 0 Å². The number of hydrogen-bond acceptors (Lipinski definition) is 2. The van der Waals surface area contributed by atoms with Crippen LogP contribution in [0.2, 0.25) is 0 Å². The predicted molar refractivity (Wildman–Crippen MR) is 258 cm³/mol. The molecule has 0 spiro atoms. The van der Waals surface area contributed by atoms with Crippen LogP contribution in [0.3, 0.4) is 0 Å². The molecule has 12 rings (SSSR count). The summed E-state index contributed by atoms with van der Waals surface area (Å²) < 4.78 is 4.61. The zero-order valence-electron chi connectivity index (χ0n) is 33.7. The van der Waals surface area contributed by atoms with Gasteiger partial charge in [-0.15, -0.1) is 0 Å². The average Bonchev–Trinajstić information content (AvgIpc) is 3.87. The highest BCUT2D eigenvalue weighted by Crippen LogP contribution is 2.39. The van der Waals surface area contributed by atoms with Crippen molar-refractivity contribution in [1.29, 1.82) is 0 Å². The maximum Gasteiger partial charge on any atom is 0.235 e. The minimum atomic E-state index is 0.629. The molecule has 0 aliphatic heterocycles. The number of hydrogen-bond donors (Lipinski definition) is 0. The highest BCUT2D eigenvalue weighted by atomic mass is 15.2. The van der Waals surface area contributed by atoms with Crippen molar-refractivity contribution in [2.24, 2.45) is 0 Å². The summed E-state index contributed by atoms with van der Waals surface area (Å²) in [5.41, 5.74) is 16.4. The van der Waals surface area contributed by atoms with Gasteiger partial charge in [0.1, 0.15) is 0 Å². The lowest BCUT2D eigenvalue weighted by atomic mass is 10.0. The fourth-order valence-electron chi connectivity index (χ4n) is 9.13. The van der Waals surface area contributed by atoms with E-state index in [1.54, 1.807) is 0 Å². The first-order valence-electron chi connectivity index (χ1n) is 21.1. The van der Waals surface area contributed by atoms with E-state index in [0.29, 0.717) is 5.95 Å². The molecule has 0 atom stereocenters. The number of benzene rings is 9. The second-order valence-electron chi connectivity index (χ2n) is 15.8. The molecule has 0 aliphatic carbocycles. The summed E-state index contributed by atoms with van der Waals surface area (Å²) in [6.45, 7) is 0. The number of rotatable bonds is 7. The zero-order chi connectivity index (χ0) is 41.0. The second kappa shape index (κ2) is 14.7. The molecule has 0 N–H and O–H groups in total.